The third kappa shape index (κ3) is 4.45. The second-order valence-corrected chi connectivity index (χ2v) is 5.36. The molecule has 1 fully saturated rings. The summed E-state index contributed by atoms with van der Waals surface area (Å²) in [6.45, 7) is 5.45. The first-order valence-corrected chi connectivity index (χ1v) is 6.02. The van der Waals surface area contributed by atoms with Crippen LogP contribution in [0.1, 0.15) is 27.2 Å². The van der Waals surface area contributed by atoms with Crippen molar-refractivity contribution >= 4 is 12.1 Å². The number of carbonyl (C=O) groups excluding carboxylic acids is 1. The number of terminal acetylenes is 1. The van der Waals surface area contributed by atoms with Crippen LogP contribution >= 0.6 is 0 Å². The lowest BCUT2D eigenvalue weighted by atomic mass is 10.2. The van der Waals surface area contributed by atoms with E-state index in [1.165, 1.54) is 4.90 Å². The van der Waals surface area contributed by atoms with Crippen molar-refractivity contribution in [2.75, 3.05) is 13.2 Å². The van der Waals surface area contributed by atoms with E-state index >= 15 is 0 Å². The molecule has 6 nitrogen and oxygen atoms in total. The molecule has 0 aliphatic carbocycles. The van der Waals surface area contributed by atoms with E-state index < -0.39 is 23.7 Å². The number of amides is 1. The van der Waals surface area contributed by atoms with Gasteiger partial charge in [0.15, 0.2) is 0 Å². The molecule has 1 saturated heterocycles. The topological polar surface area (TPSA) is 76.1 Å². The molecular formula is C13H19NO5. The molecule has 0 aromatic heterocycles. The van der Waals surface area contributed by atoms with Crippen molar-refractivity contribution in [2.24, 2.45) is 0 Å². The Bertz CT molecular complexity index is 393. The molecule has 106 valence electrons. The van der Waals surface area contributed by atoms with E-state index in [0.29, 0.717) is 0 Å². The fourth-order valence-corrected chi connectivity index (χ4v) is 1.84. The molecule has 6 heteroatoms. The Kier molecular flexibility index (Phi) is 4.78. The van der Waals surface area contributed by atoms with Gasteiger partial charge in [-0.2, -0.15) is 0 Å². The molecular weight excluding hydrogens is 250 g/mol. The van der Waals surface area contributed by atoms with E-state index in [9.17, 15) is 9.59 Å². The SMILES string of the molecule is C#CCOC1C[C@@H](C(=O)O)N(C(=O)OC(C)(C)C)C1. The summed E-state index contributed by atoms with van der Waals surface area (Å²) in [5.41, 5.74) is -0.669. The van der Waals surface area contributed by atoms with Crippen molar-refractivity contribution in [3.05, 3.63) is 0 Å². The molecule has 1 aliphatic rings. The van der Waals surface area contributed by atoms with Gasteiger partial charge in [0.25, 0.3) is 0 Å². The number of nitrogens with zero attached hydrogens (tertiary/aromatic N) is 1. The van der Waals surface area contributed by atoms with Crippen molar-refractivity contribution in [2.45, 2.75) is 44.9 Å². The van der Waals surface area contributed by atoms with Crippen LogP contribution in [-0.2, 0) is 14.3 Å². The molecule has 1 aliphatic heterocycles. The van der Waals surface area contributed by atoms with E-state index in [4.69, 9.17) is 21.0 Å². The monoisotopic (exact) mass is 269 g/mol. The third-order valence-corrected chi connectivity index (χ3v) is 2.58. The fourth-order valence-electron chi connectivity index (χ4n) is 1.84. The summed E-state index contributed by atoms with van der Waals surface area (Å²) in [4.78, 5) is 24.3. The molecule has 1 heterocycles. The van der Waals surface area contributed by atoms with Crippen molar-refractivity contribution < 1.29 is 24.2 Å². The number of carbonyl (C=O) groups is 2. The zero-order chi connectivity index (χ0) is 14.6. The first kappa shape index (κ1) is 15.3. The maximum absolute atomic E-state index is 11.9. The molecule has 2 atom stereocenters. The number of rotatable bonds is 3. The number of hydrogen-bond acceptors (Lipinski definition) is 4. The van der Waals surface area contributed by atoms with Gasteiger partial charge in [-0.15, -0.1) is 6.42 Å². The minimum Gasteiger partial charge on any atom is -0.480 e. The first-order valence-electron chi connectivity index (χ1n) is 6.02. The smallest absolute Gasteiger partial charge is 0.411 e. The lowest BCUT2D eigenvalue weighted by molar-refractivity contribution is -0.142. The van der Waals surface area contributed by atoms with Gasteiger partial charge in [-0.25, -0.2) is 9.59 Å². The van der Waals surface area contributed by atoms with Gasteiger partial charge in [0.2, 0.25) is 0 Å². The zero-order valence-electron chi connectivity index (χ0n) is 11.4. The van der Waals surface area contributed by atoms with Crippen molar-refractivity contribution in [1.82, 2.24) is 4.90 Å². The van der Waals surface area contributed by atoms with Crippen LogP contribution in [0.3, 0.4) is 0 Å². The molecule has 1 unspecified atom stereocenters. The molecule has 1 rings (SSSR count). The van der Waals surface area contributed by atoms with Crippen LogP contribution in [-0.4, -0.2) is 53.0 Å². The van der Waals surface area contributed by atoms with Crippen LogP contribution in [0.15, 0.2) is 0 Å². The Labute approximate surface area is 112 Å². The van der Waals surface area contributed by atoms with Crippen molar-refractivity contribution in [3.8, 4) is 12.3 Å². The summed E-state index contributed by atoms with van der Waals surface area (Å²) in [7, 11) is 0. The average molecular weight is 269 g/mol. The summed E-state index contributed by atoms with van der Waals surface area (Å²) in [6.07, 6.45) is 4.28. The van der Waals surface area contributed by atoms with Crippen LogP contribution < -0.4 is 0 Å². The highest BCUT2D eigenvalue weighted by Crippen LogP contribution is 2.23. The van der Waals surface area contributed by atoms with Gasteiger partial charge in [-0.3, -0.25) is 4.90 Å². The van der Waals surface area contributed by atoms with E-state index in [2.05, 4.69) is 5.92 Å². The van der Waals surface area contributed by atoms with Crippen LogP contribution in [0.5, 0.6) is 0 Å². The number of carboxylic acid groups (broad SMARTS) is 1. The summed E-state index contributed by atoms with van der Waals surface area (Å²) in [6, 6.07) is -0.933. The molecule has 0 aromatic carbocycles. The largest absolute Gasteiger partial charge is 0.480 e. The molecule has 1 amide bonds. The molecule has 1 N–H and O–H groups in total. The van der Waals surface area contributed by atoms with Gasteiger partial charge in [0.1, 0.15) is 18.2 Å². The molecule has 0 aromatic rings. The fraction of sp³-hybridized carbons (Fsp3) is 0.692. The highest BCUT2D eigenvalue weighted by atomic mass is 16.6. The Balaban J connectivity index is 2.71. The van der Waals surface area contributed by atoms with E-state index in [1.807, 2.05) is 0 Å². The highest BCUT2D eigenvalue weighted by molar-refractivity contribution is 5.81. The average Bonchev–Trinajstić information content (AvgIpc) is 2.68. The lowest BCUT2D eigenvalue weighted by Gasteiger charge is -2.26. The Hall–Kier alpha value is -1.74. The van der Waals surface area contributed by atoms with Crippen molar-refractivity contribution in [1.29, 1.82) is 0 Å². The Morgan fingerprint density at radius 2 is 2.11 bits per heavy atom. The molecule has 0 saturated carbocycles. The third-order valence-electron chi connectivity index (χ3n) is 2.58. The molecule has 0 spiro atoms. The van der Waals surface area contributed by atoms with Gasteiger partial charge in [-0.1, -0.05) is 5.92 Å². The molecule has 0 bridgehead atoms. The number of ether oxygens (including phenoxy) is 2. The Morgan fingerprint density at radius 1 is 1.47 bits per heavy atom. The normalized spacial score (nSPS) is 22.9. The van der Waals surface area contributed by atoms with Gasteiger partial charge >= 0.3 is 12.1 Å². The molecule has 0 radical (unpaired) electrons. The van der Waals surface area contributed by atoms with E-state index in [1.54, 1.807) is 20.8 Å². The number of likely N-dealkylation sites (tertiary alicyclic amines) is 1. The molecule has 19 heavy (non-hydrogen) atoms. The standard InChI is InChI=1S/C13H19NO5/c1-5-6-18-9-7-10(11(15)16)14(8-9)12(17)19-13(2,3)4/h1,9-10H,6-8H2,2-4H3,(H,15,16)/t9?,10-/m0/s1. The summed E-state index contributed by atoms with van der Waals surface area (Å²) >= 11 is 0. The quantitative estimate of drug-likeness (QED) is 0.776. The first-order chi connectivity index (χ1) is 8.74. The van der Waals surface area contributed by atoms with Crippen LogP contribution in [0.2, 0.25) is 0 Å². The zero-order valence-corrected chi connectivity index (χ0v) is 11.4. The van der Waals surface area contributed by atoms with Crippen LogP contribution in [0.25, 0.3) is 0 Å². The van der Waals surface area contributed by atoms with E-state index in [0.717, 1.165) is 0 Å². The second-order valence-electron chi connectivity index (χ2n) is 5.36. The highest BCUT2D eigenvalue weighted by Gasteiger charge is 2.41. The number of hydrogen-bond donors (Lipinski definition) is 1. The lowest BCUT2D eigenvalue weighted by Crippen LogP contribution is -2.43. The van der Waals surface area contributed by atoms with Crippen LogP contribution in [0.4, 0.5) is 4.79 Å². The minimum absolute atomic E-state index is 0.0964. The predicted octanol–water partition coefficient (Wildman–Crippen LogP) is 1.10. The van der Waals surface area contributed by atoms with Crippen molar-refractivity contribution in [3.63, 3.8) is 0 Å². The summed E-state index contributed by atoms with van der Waals surface area (Å²) < 4.78 is 10.5. The van der Waals surface area contributed by atoms with E-state index in [-0.39, 0.29) is 25.7 Å². The Morgan fingerprint density at radius 3 is 2.58 bits per heavy atom. The van der Waals surface area contributed by atoms with Crippen LogP contribution in [0, 0.1) is 12.3 Å². The van der Waals surface area contributed by atoms with Gasteiger partial charge in [-0.05, 0) is 20.8 Å². The van der Waals surface area contributed by atoms with Gasteiger partial charge < -0.3 is 14.6 Å². The summed E-state index contributed by atoms with van der Waals surface area (Å²) in [5.74, 6) is 1.25. The maximum atomic E-state index is 11.9. The maximum Gasteiger partial charge on any atom is 0.411 e. The van der Waals surface area contributed by atoms with Gasteiger partial charge in [0.05, 0.1) is 12.6 Å². The number of carboxylic acids is 1. The van der Waals surface area contributed by atoms with Gasteiger partial charge in [0, 0.05) is 6.42 Å². The number of aliphatic carboxylic acids is 1. The second kappa shape index (κ2) is 5.93. The minimum atomic E-state index is -1.07. The predicted molar refractivity (Wildman–Crippen MR) is 67.6 cm³/mol. The summed E-state index contributed by atoms with van der Waals surface area (Å²) in [5, 5.41) is 9.13.